The summed E-state index contributed by atoms with van der Waals surface area (Å²) in [6.45, 7) is 3.96. The van der Waals surface area contributed by atoms with Crippen LogP contribution in [0.5, 0.6) is 11.5 Å². The van der Waals surface area contributed by atoms with Crippen LogP contribution >= 0.6 is 0 Å². The first-order valence-corrected chi connectivity index (χ1v) is 5.42. The highest BCUT2D eigenvalue weighted by Crippen LogP contribution is 2.43. The largest absolute Gasteiger partial charge is 0.483 e. The number of amides is 1. The van der Waals surface area contributed by atoms with Crippen molar-refractivity contribution in [2.24, 2.45) is 0 Å². The van der Waals surface area contributed by atoms with Crippen LogP contribution < -0.4 is 20.5 Å². The molecule has 1 aliphatic rings. The SMILES string of the molecule is CNC(=O)Oc1cc(N)cc2c1OC(C)(C)C2. The number of ether oxygens (including phenoxy) is 2. The number of hydrogen-bond acceptors (Lipinski definition) is 4. The first-order chi connectivity index (χ1) is 7.91. The van der Waals surface area contributed by atoms with E-state index >= 15 is 0 Å². The Morgan fingerprint density at radius 1 is 1.53 bits per heavy atom. The van der Waals surface area contributed by atoms with E-state index in [2.05, 4.69) is 5.32 Å². The zero-order chi connectivity index (χ0) is 12.6. The van der Waals surface area contributed by atoms with Gasteiger partial charge < -0.3 is 20.5 Å². The second-order valence-electron chi connectivity index (χ2n) is 4.69. The van der Waals surface area contributed by atoms with Gasteiger partial charge in [-0.15, -0.1) is 0 Å². The van der Waals surface area contributed by atoms with Gasteiger partial charge in [0.2, 0.25) is 0 Å². The number of rotatable bonds is 1. The first-order valence-electron chi connectivity index (χ1n) is 5.42. The molecule has 0 saturated heterocycles. The van der Waals surface area contributed by atoms with Gasteiger partial charge in [0.25, 0.3) is 0 Å². The molecule has 0 aliphatic carbocycles. The fraction of sp³-hybridized carbons (Fsp3) is 0.417. The lowest BCUT2D eigenvalue weighted by atomic mass is 10.0. The normalized spacial score (nSPS) is 15.9. The van der Waals surface area contributed by atoms with Gasteiger partial charge in [0.1, 0.15) is 5.60 Å². The minimum atomic E-state index is -0.536. The van der Waals surface area contributed by atoms with Crippen LogP contribution in [0.25, 0.3) is 0 Å². The molecule has 0 bridgehead atoms. The molecule has 92 valence electrons. The van der Waals surface area contributed by atoms with Crippen LogP contribution in [0.15, 0.2) is 12.1 Å². The van der Waals surface area contributed by atoms with Crippen molar-refractivity contribution in [3.05, 3.63) is 17.7 Å². The van der Waals surface area contributed by atoms with E-state index in [1.165, 1.54) is 7.05 Å². The molecule has 0 fully saturated rings. The third kappa shape index (κ3) is 2.27. The Morgan fingerprint density at radius 3 is 2.88 bits per heavy atom. The number of nitrogens with two attached hydrogens (primary N) is 1. The van der Waals surface area contributed by atoms with Crippen LogP contribution in [-0.2, 0) is 6.42 Å². The van der Waals surface area contributed by atoms with Gasteiger partial charge in [-0.05, 0) is 19.9 Å². The molecular formula is C12H16N2O3. The first kappa shape index (κ1) is 11.6. The monoisotopic (exact) mass is 236 g/mol. The molecule has 5 heteroatoms. The van der Waals surface area contributed by atoms with Gasteiger partial charge in [-0.3, -0.25) is 0 Å². The Kier molecular flexibility index (Phi) is 2.61. The highest BCUT2D eigenvalue weighted by atomic mass is 16.6. The summed E-state index contributed by atoms with van der Waals surface area (Å²) in [6, 6.07) is 3.44. The van der Waals surface area contributed by atoms with E-state index in [9.17, 15) is 4.79 Å². The third-order valence-corrected chi connectivity index (χ3v) is 2.56. The lowest BCUT2D eigenvalue weighted by molar-refractivity contribution is 0.133. The van der Waals surface area contributed by atoms with Crippen LogP contribution in [0.2, 0.25) is 0 Å². The van der Waals surface area contributed by atoms with Gasteiger partial charge in [0, 0.05) is 30.8 Å². The Balaban J connectivity index is 2.38. The second kappa shape index (κ2) is 3.84. The summed E-state index contributed by atoms with van der Waals surface area (Å²) in [5.41, 5.74) is 7.00. The summed E-state index contributed by atoms with van der Waals surface area (Å²) in [5.74, 6) is 0.970. The van der Waals surface area contributed by atoms with E-state index in [-0.39, 0.29) is 5.60 Å². The summed E-state index contributed by atoms with van der Waals surface area (Å²) in [5, 5.41) is 2.39. The summed E-state index contributed by atoms with van der Waals surface area (Å²) in [4.78, 5) is 11.2. The fourth-order valence-electron chi connectivity index (χ4n) is 1.93. The summed E-state index contributed by atoms with van der Waals surface area (Å²) < 4.78 is 10.9. The highest BCUT2D eigenvalue weighted by molar-refractivity contribution is 5.73. The van der Waals surface area contributed by atoms with Crippen LogP contribution in [0.3, 0.4) is 0 Å². The summed E-state index contributed by atoms with van der Waals surface area (Å²) >= 11 is 0. The van der Waals surface area contributed by atoms with Gasteiger partial charge in [-0.2, -0.15) is 0 Å². The van der Waals surface area contributed by atoms with E-state index in [0.717, 1.165) is 12.0 Å². The molecule has 1 aromatic carbocycles. The van der Waals surface area contributed by atoms with Crippen molar-refractivity contribution < 1.29 is 14.3 Å². The smallest absolute Gasteiger partial charge is 0.412 e. The number of anilines is 1. The van der Waals surface area contributed by atoms with E-state index in [1.807, 2.05) is 19.9 Å². The molecule has 5 nitrogen and oxygen atoms in total. The van der Waals surface area contributed by atoms with Gasteiger partial charge in [-0.25, -0.2) is 4.79 Å². The van der Waals surface area contributed by atoms with E-state index in [0.29, 0.717) is 17.2 Å². The van der Waals surface area contributed by atoms with E-state index < -0.39 is 6.09 Å². The molecule has 3 N–H and O–H groups in total. The topological polar surface area (TPSA) is 73.6 Å². The van der Waals surface area contributed by atoms with Gasteiger partial charge in [-0.1, -0.05) is 0 Å². The molecule has 0 spiro atoms. The molecule has 0 atom stereocenters. The molecular weight excluding hydrogens is 220 g/mol. The summed E-state index contributed by atoms with van der Waals surface area (Å²) in [7, 11) is 1.50. The molecule has 1 aliphatic heterocycles. The molecule has 0 unspecified atom stereocenters. The van der Waals surface area contributed by atoms with Crippen molar-refractivity contribution in [1.29, 1.82) is 0 Å². The van der Waals surface area contributed by atoms with Crippen LogP contribution in [-0.4, -0.2) is 18.7 Å². The maximum atomic E-state index is 11.2. The Bertz CT molecular complexity index is 469. The Hall–Kier alpha value is -1.91. The number of fused-ring (bicyclic) bond motifs is 1. The fourth-order valence-corrected chi connectivity index (χ4v) is 1.93. The van der Waals surface area contributed by atoms with E-state index in [4.69, 9.17) is 15.2 Å². The zero-order valence-corrected chi connectivity index (χ0v) is 10.2. The Labute approximate surface area is 99.9 Å². The number of benzene rings is 1. The number of nitrogens with one attached hydrogen (secondary N) is 1. The lowest BCUT2D eigenvalue weighted by Crippen LogP contribution is -2.25. The average molecular weight is 236 g/mol. The third-order valence-electron chi connectivity index (χ3n) is 2.56. The second-order valence-corrected chi connectivity index (χ2v) is 4.69. The Morgan fingerprint density at radius 2 is 2.24 bits per heavy atom. The molecule has 1 aromatic rings. The molecule has 1 heterocycles. The van der Waals surface area contributed by atoms with Crippen LogP contribution in [0.4, 0.5) is 10.5 Å². The molecule has 0 radical (unpaired) electrons. The van der Waals surface area contributed by atoms with Crippen molar-refractivity contribution in [3.8, 4) is 11.5 Å². The standard InChI is InChI=1S/C12H16N2O3/c1-12(2)6-7-4-8(13)5-9(10(7)17-12)16-11(15)14-3/h4-5H,6,13H2,1-3H3,(H,14,15). The van der Waals surface area contributed by atoms with Gasteiger partial charge in [0.15, 0.2) is 11.5 Å². The minimum Gasteiger partial charge on any atom is -0.483 e. The minimum absolute atomic E-state index is 0.295. The molecule has 0 saturated carbocycles. The maximum Gasteiger partial charge on any atom is 0.412 e. The summed E-state index contributed by atoms with van der Waals surface area (Å²) in [6.07, 6.45) is 0.211. The van der Waals surface area contributed by atoms with Crippen molar-refractivity contribution in [3.63, 3.8) is 0 Å². The van der Waals surface area contributed by atoms with Crippen molar-refractivity contribution in [2.75, 3.05) is 12.8 Å². The highest BCUT2D eigenvalue weighted by Gasteiger charge is 2.33. The number of carbonyl (C=O) groups excluding carboxylic acids is 1. The van der Waals surface area contributed by atoms with Crippen molar-refractivity contribution in [2.45, 2.75) is 25.9 Å². The maximum absolute atomic E-state index is 11.2. The quantitative estimate of drug-likeness (QED) is 0.728. The van der Waals surface area contributed by atoms with E-state index in [1.54, 1.807) is 6.07 Å². The molecule has 0 aromatic heterocycles. The zero-order valence-electron chi connectivity index (χ0n) is 10.2. The predicted octanol–water partition coefficient (Wildman–Crippen LogP) is 1.70. The molecule has 2 rings (SSSR count). The van der Waals surface area contributed by atoms with Crippen LogP contribution in [0, 0.1) is 0 Å². The number of hydrogen-bond donors (Lipinski definition) is 2. The molecule has 17 heavy (non-hydrogen) atoms. The number of carbonyl (C=O) groups is 1. The van der Waals surface area contributed by atoms with Gasteiger partial charge in [0.05, 0.1) is 0 Å². The van der Waals surface area contributed by atoms with Crippen molar-refractivity contribution >= 4 is 11.8 Å². The van der Waals surface area contributed by atoms with Crippen molar-refractivity contribution in [1.82, 2.24) is 5.32 Å². The predicted molar refractivity (Wildman–Crippen MR) is 64.3 cm³/mol. The average Bonchev–Trinajstić information content (AvgIpc) is 2.52. The van der Waals surface area contributed by atoms with Crippen LogP contribution in [0.1, 0.15) is 19.4 Å². The lowest BCUT2D eigenvalue weighted by Gasteiger charge is -2.17. The number of nitrogen functional groups attached to an aromatic ring is 1. The molecule has 1 amide bonds. The van der Waals surface area contributed by atoms with Gasteiger partial charge >= 0.3 is 6.09 Å².